The van der Waals surface area contributed by atoms with E-state index in [9.17, 15) is 24.0 Å². The summed E-state index contributed by atoms with van der Waals surface area (Å²) in [6, 6.07) is 1.24. The summed E-state index contributed by atoms with van der Waals surface area (Å²) in [4.78, 5) is 72.2. The second kappa shape index (κ2) is 25.2. The SMILES string of the molecule is CN(C)CCOCCOCCNC(=O)CCn1ccc(=O)[nH]c1=O.Nc1ncnc2c1ncn2CCC(=O)NCCOCCOCCNC=O. The average Bonchev–Trinajstić information content (AvgIpc) is 3.51. The van der Waals surface area contributed by atoms with Gasteiger partial charge in [0.25, 0.3) is 5.56 Å². The number of carbonyl (C=O) groups excluding carboxylic acids is 3. The number of carbonyl (C=O) groups is 3. The molecule has 50 heavy (non-hydrogen) atoms. The number of hydrogen-bond acceptors (Lipinski definition) is 14. The van der Waals surface area contributed by atoms with Crippen molar-refractivity contribution in [1.82, 2.24) is 49.9 Å². The number of hydrogen-bond donors (Lipinski definition) is 5. The first-order chi connectivity index (χ1) is 24.2. The molecular formula is C30H49N11O9. The van der Waals surface area contributed by atoms with Crippen molar-refractivity contribution in [3.63, 3.8) is 0 Å². The average molecular weight is 708 g/mol. The van der Waals surface area contributed by atoms with Gasteiger partial charge in [0.2, 0.25) is 18.2 Å². The maximum Gasteiger partial charge on any atom is 0.328 e. The fraction of sp³-hybridized carbons (Fsp3) is 0.600. The van der Waals surface area contributed by atoms with Crippen molar-refractivity contribution >= 4 is 35.2 Å². The molecule has 278 valence electrons. The molecule has 3 heterocycles. The molecular weight excluding hydrogens is 658 g/mol. The van der Waals surface area contributed by atoms with Gasteiger partial charge in [-0.15, -0.1) is 0 Å². The van der Waals surface area contributed by atoms with Gasteiger partial charge in [0.15, 0.2) is 11.5 Å². The van der Waals surface area contributed by atoms with Crippen molar-refractivity contribution in [2.45, 2.75) is 25.9 Å². The number of H-pyrrole nitrogens is 1. The van der Waals surface area contributed by atoms with Gasteiger partial charge in [0.1, 0.15) is 11.8 Å². The Balaban J connectivity index is 0.000000348. The van der Waals surface area contributed by atoms with Gasteiger partial charge < -0.3 is 54.7 Å². The van der Waals surface area contributed by atoms with Crippen LogP contribution in [-0.4, -0.2) is 145 Å². The van der Waals surface area contributed by atoms with E-state index in [2.05, 4.69) is 35.9 Å². The highest BCUT2D eigenvalue weighted by molar-refractivity contribution is 5.81. The second-order valence-electron chi connectivity index (χ2n) is 10.7. The van der Waals surface area contributed by atoms with Crippen LogP contribution in [0, 0.1) is 0 Å². The van der Waals surface area contributed by atoms with Crippen LogP contribution in [0.2, 0.25) is 0 Å². The molecule has 0 spiro atoms. The Labute approximate surface area is 289 Å². The summed E-state index contributed by atoms with van der Waals surface area (Å²) >= 11 is 0. The van der Waals surface area contributed by atoms with Crippen LogP contribution in [0.4, 0.5) is 5.82 Å². The Morgan fingerprint density at radius 3 is 2.00 bits per heavy atom. The summed E-state index contributed by atoms with van der Waals surface area (Å²) < 4.78 is 24.3. The Morgan fingerprint density at radius 1 is 0.840 bits per heavy atom. The first-order valence-electron chi connectivity index (χ1n) is 16.1. The Hall–Kier alpha value is -4.76. The lowest BCUT2D eigenvalue weighted by Crippen LogP contribution is -2.32. The molecule has 6 N–H and O–H groups in total. The van der Waals surface area contributed by atoms with E-state index in [1.807, 2.05) is 19.0 Å². The molecule has 3 aromatic heterocycles. The number of nitrogens with one attached hydrogen (secondary N) is 4. The van der Waals surface area contributed by atoms with Gasteiger partial charge in [-0.3, -0.25) is 24.2 Å². The molecule has 0 atom stereocenters. The number of nitrogens with two attached hydrogens (primary N) is 1. The number of aryl methyl sites for hydroxylation is 2. The molecule has 0 aliphatic carbocycles. The summed E-state index contributed by atoms with van der Waals surface area (Å²) in [5.74, 6) is 0.0481. The van der Waals surface area contributed by atoms with Gasteiger partial charge in [-0.25, -0.2) is 19.7 Å². The molecule has 0 saturated carbocycles. The summed E-state index contributed by atoms with van der Waals surface area (Å²) in [6.07, 6.45) is 5.41. The van der Waals surface area contributed by atoms with E-state index in [1.54, 1.807) is 10.9 Å². The number of nitrogens with zero attached hydrogens (tertiary/aromatic N) is 6. The van der Waals surface area contributed by atoms with E-state index >= 15 is 0 Å². The normalized spacial score (nSPS) is 10.9. The number of likely N-dealkylation sites (N-methyl/N-ethyl adjacent to an activating group) is 1. The van der Waals surface area contributed by atoms with Gasteiger partial charge in [-0.1, -0.05) is 0 Å². The number of imidazole rings is 1. The molecule has 0 radical (unpaired) electrons. The first kappa shape index (κ1) is 41.4. The number of anilines is 1. The van der Waals surface area contributed by atoms with Gasteiger partial charge in [0, 0.05) is 64.4 Å². The predicted molar refractivity (Wildman–Crippen MR) is 182 cm³/mol. The zero-order valence-corrected chi connectivity index (χ0v) is 28.6. The molecule has 20 nitrogen and oxygen atoms in total. The van der Waals surface area contributed by atoms with Crippen LogP contribution in [0.15, 0.2) is 34.5 Å². The Kier molecular flexibility index (Phi) is 20.9. The third kappa shape index (κ3) is 18.1. The zero-order valence-electron chi connectivity index (χ0n) is 28.6. The number of ether oxygens (including phenoxy) is 4. The summed E-state index contributed by atoms with van der Waals surface area (Å²) in [6.45, 7) is 6.61. The highest BCUT2D eigenvalue weighted by Gasteiger charge is 2.09. The smallest absolute Gasteiger partial charge is 0.328 e. The van der Waals surface area contributed by atoms with Gasteiger partial charge in [0.05, 0.1) is 59.2 Å². The van der Waals surface area contributed by atoms with Crippen LogP contribution in [0.1, 0.15) is 12.8 Å². The summed E-state index contributed by atoms with van der Waals surface area (Å²) in [5.41, 5.74) is 5.89. The maximum atomic E-state index is 11.9. The molecule has 0 unspecified atom stereocenters. The standard InChI is InChI=1S/C15H23N7O4.C15H26N4O5/c16-14-13-15(20-9-19-14)22(10-21-13)4-1-12(24)18-3-6-26-8-7-25-5-2-17-11-23;1-18(2)8-10-24-12-11-23-9-5-16-13(20)3-6-19-7-4-14(21)17-15(19)22/h9-11H,1-8H2,(H,17,23)(H,18,24)(H2,16,19,20);4,7H,3,5-6,8-12H2,1-2H3,(H,16,20)(H,17,21,22). The molecule has 0 aromatic carbocycles. The number of aromatic nitrogens is 6. The fourth-order valence-corrected chi connectivity index (χ4v) is 3.91. The van der Waals surface area contributed by atoms with Crippen LogP contribution in [0.25, 0.3) is 11.2 Å². The molecule has 0 saturated heterocycles. The third-order valence-corrected chi connectivity index (χ3v) is 6.52. The number of fused-ring (bicyclic) bond motifs is 1. The molecule has 3 amide bonds. The minimum atomic E-state index is -0.520. The molecule has 20 heteroatoms. The fourth-order valence-electron chi connectivity index (χ4n) is 3.91. The number of amides is 3. The second-order valence-corrected chi connectivity index (χ2v) is 10.7. The van der Waals surface area contributed by atoms with E-state index in [0.29, 0.717) is 109 Å². The highest BCUT2D eigenvalue weighted by atomic mass is 16.5. The molecule has 3 rings (SSSR count). The molecule has 3 aromatic rings. The summed E-state index contributed by atoms with van der Waals surface area (Å²) in [5, 5.41) is 7.97. The third-order valence-electron chi connectivity index (χ3n) is 6.52. The Bertz CT molecular complexity index is 1530. The lowest BCUT2D eigenvalue weighted by Gasteiger charge is -2.10. The van der Waals surface area contributed by atoms with E-state index in [1.165, 1.54) is 23.2 Å². The van der Waals surface area contributed by atoms with Crippen molar-refractivity contribution in [3.8, 4) is 0 Å². The Morgan fingerprint density at radius 2 is 1.42 bits per heavy atom. The van der Waals surface area contributed by atoms with E-state index in [0.717, 1.165) is 6.54 Å². The topological polar surface area (TPSA) is 252 Å². The van der Waals surface area contributed by atoms with E-state index in [4.69, 9.17) is 24.7 Å². The summed E-state index contributed by atoms with van der Waals surface area (Å²) in [7, 11) is 3.96. The minimum Gasteiger partial charge on any atom is -0.382 e. The monoisotopic (exact) mass is 707 g/mol. The van der Waals surface area contributed by atoms with Crippen LogP contribution < -0.4 is 32.9 Å². The van der Waals surface area contributed by atoms with Crippen molar-refractivity contribution in [3.05, 3.63) is 45.8 Å². The minimum absolute atomic E-state index is 0.0892. The van der Waals surface area contributed by atoms with Crippen molar-refractivity contribution < 1.29 is 33.3 Å². The zero-order chi connectivity index (χ0) is 36.4. The van der Waals surface area contributed by atoms with Crippen LogP contribution in [0.5, 0.6) is 0 Å². The molecule has 0 aliphatic rings. The van der Waals surface area contributed by atoms with Crippen molar-refractivity contribution in [2.75, 3.05) is 98.9 Å². The van der Waals surface area contributed by atoms with Gasteiger partial charge >= 0.3 is 5.69 Å². The number of aromatic amines is 1. The van der Waals surface area contributed by atoms with Crippen LogP contribution in [0.3, 0.4) is 0 Å². The van der Waals surface area contributed by atoms with E-state index in [-0.39, 0.29) is 24.8 Å². The first-order valence-corrected chi connectivity index (χ1v) is 16.1. The lowest BCUT2D eigenvalue weighted by molar-refractivity contribution is -0.122. The van der Waals surface area contributed by atoms with Crippen LogP contribution >= 0.6 is 0 Å². The van der Waals surface area contributed by atoms with Crippen molar-refractivity contribution in [2.24, 2.45) is 0 Å². The maximum absolute atomic E-state index is 11.9. The largest absolute Gasteiger partial charge is 0.382 e. The van der Waals surface area contributed by atoms with Gasteiger partial charge in [-0.05, 0) is 14.1 Å². The van der Waals surface area contributed by atoms with Gasteiger partial charge in [-0.2, -0.15) is 0 Å². The predicted octanol–water partition coefficient (Wildman–Crippen LogP) is -2.67. The number of nitrogen functional groups attached to an aromatic ring is 1. The number of rotatable bonds is 25. The van der Waals surface area contributed by atoms with Crippen LogP contribution in [-0.2, 0) is 46.4 Å². The molecule has 0 bridgehead atoms. The lowest BCUT2D eigenvalue weighted by atomic mass is 10.4. The van der Waals surface area contributed by atoms with Crippen molar-refractivity contribution in [1.29, 1.82) is 0 Å². The molecule has 0 aliphatic heterocycles. The van der Waals surface area contributed by atoms with E-state index < -0.39 is 11.2 Å². The highest BCUT2D eigenvalue weighted by Crippen LogP contribution is 2.14. The quantitative estimate of drug-likeness (QED) is 0.0445. The molecule has 0 fully saturated rings.